The van der Waals surface area contributed by atoms with Crippen LogP contribution < -0.4 is 0 Å². The van der Waals surface area contributed by atoms with Crippen LogP contribution >= 0.6 is 344 Å². The van der Waals surface area contributed by atoms with Gasteiger partial charge in [0.05, 0.1) is 0 Å². The number of hydrogen-bond donors (Lipinski definition) is 0. The predicted molar refractivity (Wildman–Crippen MR) is 360 cm³/mol. The molecule has 25 unspecified atom stereocenters. The van der Waals surface area contributed by atoms with Crippen LogP contribution in [0.3, 0.4) is 0 Å². The van der Waals surface area contributed by atoms with Crippen LogP contribution in [-0.4, -0.2) is 0 Å². The molecular formula is H45P43. The van der Waals surface area contributed by atoms with E-state index < -0.39 is 0 Å². The minimum atomic E-state index is -0.141. The maximum absolute atomic E-state index is 3.60. The summed E-state index contributed by atoms with van der Waals surface area (Å²) < 4.78 is 0. The first-order chi connectivity index (χ1) is 19.6. The molecule has 0 saturated heterocycles. The minimum Gasteiger partial charge on any atom is -0.109 e. The van der Waals surface area contributed by atoms with E-state index in [9.17, 15) is 0 Å². The molecule has 43 heteroatoms. The molecule has 0 aliphatic heterocycles. The van der Waals surface area contributed by atoms with Gasteiger partial charge in [0.25, 0.3) is 0 Å². The summed E-state index contributed by atoms with van der Waals surface area (Å²) in [5.41, 5.74) is 0. The van der Waals surface area contributed by atoms with Gasteiger partial charge in [-0.2, -0.15) is 0 Å². The van der Waals surface area contributed by atoms with Gasteiger partial charge in [-0.1, -0.05) is 7.96 Å². The molecule has 25 atom stereocenters. The summed E-state index contributed by atoms with van der Waals surface area (Å²) in [6, 6.07) is 0. The van der Waals surface area contributed by atoms with Crippen LogP contribution in [0.1, 0.15) is 0 Å². The van der Waals surface area contributed by atoms with Gasteiger partial charge in [-0.15, -0.1) is 196 Å². The molecule has 0 aromatic heterocycles. The highest BCUT2D eigenvalue weighted by molar-refractivity contribution is 9.49. The Hall–Kier alpha value is 18.5. The molecule has 0 aromatic carbocycles. The number of rotatable bonds is 20. The average Bonchev–Trinajstić information content (AvgIpc) is 2.80. The molecule has 0 saturated carbocycles. The van der Waals surface area contributed by atoms with Crippen LogP contribution in [-0.2, 0) is 0 Å². The fourth-order valence-corrected chi connectivity index (χ4v) is 598. The first kappa shape index (κ1) is 61.5. The molecule has 0 amide bonds. The van der Waals surface area contributed by atoms with Gasteiger partial charge in [0, 0.05) is 0 Å². The van der Waals surface area contributed by atoms with E-state index in [1.54, 1.807) is 0 Å². The van der Waals surface area contributed by atoms with Crippen molar-refractivity contribution in [3.8, 4) is 0 Å². The zero-order chi connectivity index (χ0) is 34.3. The summed E-state index contributed by atoms with van der Waals surface area (Å²) in [6.07, 6.45) is 0. The first-order valence-corrected chi connectivity index (χ1v) is 87.6. The van der Waals surface area contributed by atoms with Crippen molar-refractivity contribution in [3.05, 3.63) is 0 Å². The van der Waals surface area contributed by atoms with Gasteiger partial charge in [0.15, 0.2) is 0 Å². The van der Waals surface area contributed by atoms with Crippen LogP contribution in [0.2, 0.25) is 0 Å². The summed E-state index contributed by atoms with van der Waals surface area (Å²) in [4.78, 5) is 0. The number of hydrogen-bond acceptors (Lipinski definition) is 0. The van der Waals surface area contributed by atoms with Crippen molar-refractivity contribution in [2.75, 3.05) is 0 Å². The van der Waals surface area contributed by atoms with E-state index in [0.29, 0.717) is 0 Å². The SMILES string of the molecule is PPP(P)P(P(P(P)P)P(P)P)P(P(P(P(P)P)P(P)P)P(P(P)P)P(P)P)P(P(P(P)P)P(P)P)P(P(P)P)P(P)P. The van der Waals surface area contributed by atoms with E-state index in [2.05, 4.69) is 196 Å². The van der Waals surface area contributed by atoms with Gasteiger partial charge in [0.2, 0.25) is 0 Å². The maximum Gasteiger partial charge on any atom is -0.0000773 e. The summed E-state index contributed by atoms with van der Waals surface area (Å²) in [5, 5.41) is 0. The Balaban J connectivity index is 8.72. The van der Waals surface area contributed by atoms with Gasteiger partial charge >= 0.3 is 0 Å². The van der Waals surface area contributed by atoms with Crippen molar-refractivity contribution in [2.24, 2.45) is 0 Å². The lowest BCUT2D eigenvalue weighted by Crippen LogP contribution is -1.69. The molecule has 0 aliphatic rings. The van der Waals surface area contributed by atoms with E-state index in [4.69, 9.17) is 0 Å². The molecule has 260 valence electrons. The molecule has 0 nitrogen and oxygen atoms in total. The first-order valence-electron chi connectivity index (χ1n) is 9.73. The molecule has 0 radical (unpaired) electrons. The van der Waals surface area contributed by atoms with Crippen molar-refractivity contribution in [1.29, 1.82) is 0 Å². The molecule has 0 rings (SSSR count). The van der Waals surface area contributed by atoms with E-state index in [-0.39, 0.29) is 140 Å². The second kappa shape index (κ2) is 33.9. The predicted octanol–water partition coefficient (Wildman–Crippen LogP) is 25.0. The lowest BCUT2D eigenvalue weighted by Gasteiger charge is -2.56. The van der Waals surface area contributed by atoms with Crippen molar-refractivity contribution in [2.45, 2.75) is 0 Å². The third kappa shape index (κ3) is 22.2. The average molecular weight is 1380 g/mol. The quantitative estimate of drug-likeness (QED) is 0.107. The van der Waals surface area contributed by atoms with Gasteiger partial charge < -0.3 is 0 Å². The van der Waals surface area contributed by atoms with Crippen LogP contribution in [0.25, 0.3) is 0 Å². The standard InChI is InChI=1S/H45P43/c1-23-34(22)40(35(24(2)3)25(4)5)43(41(36(26(6)7)27(8)9)37(28(10)11)29(12)13)42(38(30(14)15)31(16)17)39(32(18)19)33(20)21/h23H,1-22H2. The van der Waals surface area contributed by atoms with E-state index in [1.165, 1.54) is 0 Å². The van der Waals surface area contributed by atoms with Gasteiger partial charge in [0.1, 0.15) is 0 Å². The molecule has 0 aliphatic carbocycles. The van der Waals surface area contributed by atoms with E-state index in [1.807, 2.05) is 0 Å². The molecule has 0 bridgehead atoms. The maximum atomic E-state index is 3.60. The largest absolute Gasteiger partial charge is 0.109 e. The molecule has 0 heterocycles. The van der Waals surface area contributed by atoms with Gasteiger partial charge in [-0.05, 0) is 140 Å². The Labute approximate surface area is 339 Å². The molecular weight excluding hydrogens is 1330 g/mol. The summed E-state index contributed by atoms with van der Waals surface area (Å²) in [5.74, 6) is 0. The third-order valence-corrected chi connectivity index (χ3v) is 297. The lowest BCUT2D eigenvalue weighted by atomic mass is 28.4. The third-order valence-electron chi connectivity index (χ3n) is 3.67. The van der Waals surface area contributed by atoms with Crippen molar-refractivity contribution in [1.82, 2.24) is 0 Å². The topological polar surface area (TPSA) is 0 Å². The van der Waals surface area contributed by atoms with E-state index in [0.717, 1.165) is 7.96 Å². The summed E-state index contributed by atoms with van der Waals surface area (Å²) >= 11 is 0. The highest BCUT2D eigenvalue weighted by Crippen LogP contribution is 3.44. The summed E-state index contributed by atoms with van der Waals surface area (Å²) in [7, 11) is 76.2. The lowest BCUT2D eigenvalue weighted by molar-refractivity contribution is 4.37. The Bertz CT molecular complexity index is 580. The monoisotopic (exact) mass is 1380 g/mol. The van der Waals surface area contributed by atoms with Gasteiger partial charge in [-0.25, -0.2) is 0 Å². The molecule has 0 aromatic rings. The second-order valence-corrected chi connectivity index (χ2v) is 181. The van der Waals surface area contributed by atoms with Crippen LogP contribution in [0.15, 0.2) is 0 Å². The highest BCUT2D eigenvalue weighted by atomic mass is 33.5. The van der Waals surface area contributed by atoms with Crippen LogP contribution in [0.4, 0.5) is 0 Å². The molecule has 43 heavy (non-hydrogen) atoms. The molecule has 0 spiro atoms. The van der Waals surface area contributed by atoms with Crippen LogP contribution in [0.5, 0.6) is 0 Å². The zero-order valence-corrected chi connectivity index (χ0v) is 66.4. The Kier molecular flexibility index (Phi) is 48.4. The van der Waals surface area contributed by atoms with Crippen LogP contribution in [0, 0.1) is 0 Å². The normalized spacial score (nSPS) is 15.9. The second-order valence-electron chi connectivity index (χ2n) is 6.69. The van der Waals surface area contributed by atoms with Gasteiger partial charge in [-0.3, -0.25) is 0 Å². The Morgan fingerprint density at radius 1 is 0.209 bits per heavy atom. The zero-order valence-electron chi connectivity index (χ0n) is 22.1. The van der Waals surface area contributed by atoms with Crippen molar-refractivity contribution < 1.29 is 0 Å². The fraction of sp³-hybridized carbons (Fsp3) is 0. The fourth-order valence-electron chi connectivity index (χ4n) is 2.46. The molecule has 0 fully saturated rings. The van der Waals surface area contributed by atoms with Crippen molar-refractivity contribution in [3.63, 3.8) is 0 Å². The summed E-state index contributed by atoms with van der Waals surface area (Å²) in [6.45, 7) is -2.04. The Morgan fingerprint density at radius 3 is 0.488 bits per heavy atom. The Morgan fingerprint density at radius 2 is 0.349 bits per heavy atom. The molecule has 0 N–H and O–H groups in total. The highest BCUT2D eigenvalue weighted by Gasteiger charge is 2.56. The van der Waals surface area contributed by atoms with E-state index >= 15 is 0 Å². The minimum absolute atomic E-state index is 0.0455. The smallest absolute Gasteiger partial charge is 0.0000773 e. The van der Waals surface area contributed by atoms with Crippen molar-refractivity contribution >= 4 is 344 Å².